The van der Waals surface area contributed by atoms with E-state index < -0.39 is 20.7 Å². The number of nitrogens with zero attached hydrogens (tertiary/aromatic N) is 4. The molecule has 0 aliphatic carbocycles. The number of aromatic nitrogens is 3. The van der Waals surface area contributed by atoms with E-state index in [1.807, 2.05) is 43.0 Å². The van der Waals surface area contributed by atoms with Crippen molar-refractivity contribution in [3.05, 3.63) is 95.1 Å². The number of para-hydroxylation sites is 1. The number of aryl methyl sites for hydroxylation is 1. The van der Waals surface area contributed by atoms with Crippen LogP contribution < -0.4 is 25.0 Å². The summed E-state index contributed by atoms with van der Waals surface area (Å²) < 4.78 is 48.3. The van der Waals surface area contributed by atoms with Crippen LogP contribution in [-0.2, 0) is 15.8 Å². The van der Waals surface area contributed by atoms with Gasteiger partial charge in [0, 0.05) is 85.0 Å². The van der Waals surface area contributed by atoms with E-state index in [0.717, 1.165) is 22.4 Å². The third kappa shape index (κ3) is 9.76. The van der Waals surface area contributed by atoms with Gasteiger partial charge in [0.2, 0.25) is 14.9 Å². The number of carbonyl (C=O) groups is 1. The lowest BCUT2D eigenvalue weighted by atomic mass is 9.92. The molecule has 2 aromatic heterocycles. The van der Waals surface area contributed by atoms with Gasteiger partial charge in [-0.15, -0.1) is 0 Å². The summed E-state index contributed by atoms with van der Waals surface area (Å²) in [6, 6.07) is 11.7. The largest absolute Gasteiger partial charge is 0.494 e. The molecule has 1 amide bonds. The van der Waals surface area contributed by atoms with Gasteiger partial charge >= 0.3 is 0 Å². The lowest BCUT2D eigenvalue weighted by Gasteiger charge is -2.37. The van der Waals surface area contributed by atoms with E-state index in [2.05, 4.69) is 49.0 Å². The molecule has 5 rings (SSSR count). The Morgan fingerprint density at radius 1 is 1.02 bits per heavy atom. The molecule has 1 radical (unpaired) electrons. The zero-order valence-electron chi connectivity index (χ0n) is 31.8. The van der Waals surface area contributed by atoms with Crippen molar-refractivity contribution in [2.75, 3.05) is 35.4 Å². The highest BCUT2D eigenvalue weighted by Crippen LogP contribution is 2.40. The van der Waals surface area contributed by atoms with Gasteiger partial charge < -0.3 is 29.4 Å². The minimum Gasteiger partial charge on any atom is -0.494 e. The Bertz CT molecular complexity index is 1930. The van der Waals surface area contributed by atoms with E-state index in [4.69, 9.17) is 23.9 Å². The molecule has 13 heteroatoms. The number of hydrogen-bond donors (Lipinski definition) is 2. The summed E-state index contributed by atoms with van der Waals surface area (Å²) in [7, 11) is -0.974. The number of pyridine rings is 1. The summed E-state index contributed by atoms with van der Waals surface area (Å²) in [5.41, 5.74) is 3.89. The first-order valence-corrected chi connectivity index (χ1v) is 19.9. The molecule has 0 spiro atoms. The van der Waals surface area contributed by atoms with Gasteiger partial charge in [0.1, 0.15) is 23.2 Å². The number of rotatable bonds is 15. The number of hydrogen-bond acceptors (Lipinski definition) is 9. The van der Waals surface area contributed by atoms with Crippen molar-refractivity contribution in [1.82, 2.24) is 15.0 Å². The molecule has 10 nitrogen and oxygen atoms in total. The van der Waals surface area contributed by atoms with E-state index >= 15 is 8.78 Å². The fourth-order valence-corrected chi connectivity index (χ4v) is 6.69. The van der Waals surface area contributed by atoms with E-state index in [1.54, 1.807) is 25.4 Å². The van der Waals surface area contributed by atoms with Gasteiger partial charge in [-0.3, -0.25) is 4.79 Å². The molecule has 281 valence electrons. The second-order valence-corrected chi connectivity index (χ2v) is 16.9. The number of benzene rings is 2. The molecule has 1 aliphatic rings. The van der Waals surface area contributed by atoms with Crippen molar-refractivity contribution >= 4 is 43.5 Å². The van der Waals surface area contributed by atoms with Crippen LogP contribution in [0.2, 0.25) is 11.6 Å². The van der Waals surface area contributed by atoms with Gasteiger partial charge in [-0.1, -0.05) is 52.0 Å². The summed E-state index contributed by atoms with van der Waals surface area (Å²) in [6.45, 7) is 17.2. The molecule has 1 unspecified atom stereocenters. The Morgan fingerprint density at radius 2 is 1.75 bits per heavy atom. The van der Waals surface area contributed by atoms with Crippen molar-refractivity contribution in [2.24, 2.45) is 0 Å². The lowest BCUT2D eigenvalue weighted by Crippen LogP contribution is -2.37. The minimum absolute atomic E-state index is 0.0157. The smallest absolute Gasteiger partial charge is 0.222 e. The fraction of sp³-hybridized carbons (Fsp3) is 0.400. The van der Waals surface area contributed by atoms with Gasteiger partial charge in [0.05, 0.1) is 19.4 Å². The minimum atomic E-state index is -0.974. The highest BCUT2D eigenvalue weighted by atomic mass is 28.3. The normalized spacial score (nSPS) is 14.1. The molecule has 4 aromatic rings. The first-order chi connectivity index (χ1) is 25.3. The van der Waals surface area contributed by atoms with E-state index in [9.17, 15) is 4.79 Å². The van der Waals surface area contributed by atoms with Crippen molar-refractivity contribution in [3.8, 4) is 11.5 Å². The maximum absolute atomic E-state index is 15.3. The number of halogens is 2. The average molecular weight is 744 g/mol. The van der Waals surface area contributed by atoms with Crippen LogP contribution in [0.5, 0.6) is 11.5 Å². The predicted octanol–water partition coefficient (Wildman–Crippen LogP) is 9.00. The Kier molecular flexibility index (Phi) is 12.8. The molecule has 3 heterocycles. The van der Waals surface area contributed by atoms with Crippen LogP contribution >= 0.6 is 0 Å². The van der Waals surface area contributed by atoms with Crippen LogP contribution in [0.3, 0.4) is 0 Å². The molecule has 1 aliphatic heterocycles. The number of carbonyl (C=O) groups excluding carboxylic acids is 1. The van der Waals surface area contributed by atoms with Crippen molar-refractivity contribution in [3.63, 3.8) is 0 Å². The molecule has 53 heavy (non-hydrogen) atoms. The predicted molar refractivity (Wildman–Crippen MR) is 207 cm³/mol. The monoisotopic (exact) mass is 743 g/mol. The van der Waals surface area contributed by atoms with Gasteiger partial charge in [0.25, 0.3) is 0 Å². The van der Waals surface area contributed by atoms with Gasteiger partial charge in [0.15, 0.2) is 17.4 Å². The molecule has 2 aromatic carbocycles. The van der Waals surface area contributed by atoms with Crippen LogP contribution in [-0.4, -0.2) is 55.8 Å². The number of ether oxygens (including phenoxy) is 2. The third-order valence-corrected chi connectivity index (χ3v) is 11.8. The molecular weight excluding hydrogens is 695 g/mol. The maximum Gasteiger partial charge on any atom is 0.222 e. The van der Waals surface area contributed by atoms with E-state index in [-0.39, 0.29) is 34.8 Å². The number of anilines is 4. The molecule has 0 saturated carbocycles. The van der Waals surface area contributed by atoms with Crippen molar-refractivity contribution in [2.45, 2.75) is 85.5 Å². The van der Waals surface area contributed by atoms with Gasteiger partial charge in [-0.2, -0.15) is 0 Å². The van der Waals surface area contributed by atoms with Crippen LogP contribution in [0, 0.1) is 18.6 Å². The standard InChI is InChI=1S/C40H49F2N6O4Si/c1-9-27-18-30(29-14-11-12-15-35(29)48(27)24-31-32(41)19-28(50-10-2)20-33(31)42)38-44-23-36(51-16-13-17-52-53(8)40(5,6)7)39(47-38)46-34-21-37(45-26(4)49)43-22-25(34)3/h11-12,14-15,18-23,27H,9-10,13,16-17,24H2,1-8H3,(H2,43,44,45,46,47,49). The molecule has 2 N–H and O–H groups in total. The SMILES string of the molecule is CCOc1cc(F)c(CN2c3ccccc3C(c3ncc(OCCCO[Si](C)C(C)(C)C)c(Nc4cc(NC(C)=O)ncc4C)n3)=CC2CC)c(F)c1. The Morgan fingerprint density at radius 3 is 2.43 bits per heavy atom. The summed E-state index contributed by atoms with van der Waals surface area (Å²) >= 11 is 0. The summed E-state index contributed by atoms with van der Waals surface area (Å²) in [4.78, 5) is 27.9. The van der Waals surface area contributed by atoms with Crippen LogP contribution in [0.25, 0.3) is 5.57 Å². The zero-order chi connectivity index (χ0) is 38.3. The Labute approximate surface area is 312 Å². The number of amides is 1. The molecule has 1 atom stereocenters. The maximum atomic E-state index is 15.3. The van der Waals surface area contributed by atoms with Crippen LogP contribution in [0.4, 0.5) is 31.8 Å². The fourth-order valence-electron chi connectivity index (χ4n) is 5.80. The van der Waals surface area contributed by atoms with E-state index in [0.29, 0.717) is 61.6 Å². The molecule has 0 bridgehead atoms. The van der Waals surface area contributed by atoms with Crippen molar-refractivity contribution in [1.29, 1.82) is 0 Å². The van der Waals surface area contributed by atoms with Crippen LogP contribution in [0.1, 0.15) is 76.9 Å². The Hall–Kier alpha value is -4.88. The highest BCUT2D eigenvalue weighted by Gasteiger charge is 2.30. The molecule has 0 fully saturated rings. The van der Waals surface area contributed by atoms with E-state index in [1.165, 1.54) is 19.1 Å². The first-order valence-electron chi connectivity index (χ1n) is 18.0. The van der Waals surface area contributed by atoms with Gasteiger partial charge in [-0.25, -0.2) is 23.7 Å². The highest BCUT2D eigenvalue weighted by molar-refractivity contribution is 6.53. The van der Waals surface area contributed by atoms with Gasteiger partial charge in [-0.05, 0) is 43.5 Å². The average Bonchev–Trinajstić information content (AvgIpc) is 3.10. The topological polar surface area (TPSA) is 111 Å². The summed E-state index contributed by atoms with van der Waals surface area (Å²) in [5, 5.41) is 6.27. The first kappa shape index (κ1) is 39.3. The molecular formula is C40H49F2N6O4Si. The second kappa shape index (κ2) is 17.3. The number of nitrogens with one attached hydrogen (secondary N) is 2. The van der Waals surface area contributed by atoms with Crippen molar-refractivity contribution < 1.29 is 27.5 Å². The Balaban J connectivity index is 1.49. The quantitative estimate of drug-likeness (QED) is 0.0911. The summed E-state index contributed by atoms with van der Waals surface area (Å²) in [5.74, 6) is 0.332. The number of fused-ring (bicyclic) bond motifs is 1. The third-order valence-electron chi connectivity index (χ3n) is 9.01. The summed E-state index contributed by atoms with van der Waals surface area (Å²) in [6.07, 6.45) is 6.72. The molecule has 0 saturated heterocycles. The zero-order valence-corrected chi connectivity index (χ0v) is 32.8. The van der Waals surface area contributed by atoms with Crippen LogP contribution in [0.15, 0.2) is 60.9 Å². The lowest BCUT2D eigenvalue weighted by molar-refractivity contribution is -0.114. The second-order valence-electron chi connectivity index (χ2n) is 14.0.